The van der Waals surface area contributed by atoms with Crippen LogP contribution in [-0.4, -0.2) is 51.6 Å². The minimum atomic E-state index is -0.613. The zero-order valence-corrected chi connectivity index (χ0v) is 18.1. The largest absolute Gasteiger partial charge is 0.444 e. The molecule has 3 rings (SSSR count). The summed E-state index contributed by atoms with van der Waals surface area (Å²) in [6.07, 6.45) is 1.16. The summed E-state index contributed by atoms with van der Waals surface area (Å²) < 4.78 is 6.87. The van der Waals surface area contributed by atoms with Gasteiger partial charge in [-0.05, 0) is 38.5 Å². The number of hydrogen-bond donors (Lipinski definition) is 0. The lowest BCUT2D eigenvalue weighted by Gasteiger charge is -2.42. The number of nitrogens with zero attached hydrogens (tertiary/aromatic N) is 3. The first kappa shape index (κ1) is 21.9. The molecular weight excluding hydrogens is 406 g/mol. The maximum absolute atomic E-state index is 13.1. The van der Waals surface area contributed by atoms with Crippen molar-refractivity contribution in [1.82, 2.24) is 14.4 Å². The maximum atomic E-state index is 13.1. The lowest BCUT2D eigenvalue weighted by Crippen LogP contribution is -2.54. The molecule has 0 bridgehead atoms. The number of piperazine rings is 1. The summed E-state index contributed by atoms with van der Waals surface area (Å²) in [5.74, 6) is -0.211. The molecule has 1 atom stereocenters. The van der Waals surface area contributed by atoms with E-state index < -0.39 is 17.7 Å². The lowest BCUT2D eigenvalue weighted by molar-refractivity contribution is -0.137. The van der Waals surface area contributed by atoms with E-state index in [0.717, 1.165) is 5.56 Å². The van der Waals surface area contributed by atoms with Crippen LogP contribution >= 0.6 is 11.6 Å². The quantitative estimate of drug-likeness (QED) is 0.747. The Morgan fingerprint density at radius 1 is 1.10 bits per heavy atom. The fraction of sp³-hybridized carbons (Fsp3) is 0.409. The molecule has 8 heteroatoms. The van der Waals surface area contributed by atoms with Gasteiger partial charge in [-0.25, -0.2) is 4.79 Å². The molecule has 1 aromatic heterocycles. The molecular formula is C22H26ClN3O4. The molecule has 2 amide bonds. The average Bonchev–Trinajstić information content (AvgIpc) is 2.68. The van der Waals surface area contributed by atoms with Gasteiger partial charge in [0, 0.05) is 36.9 Å². The molecule has 0 aliphatic carbocycles. The van der Waals surface area contributed by atoms with Gasteiger partial charge in [0.15, 0.2) is 0 Å². The molecule has 1 aliphatic rings. The highest BCUT2D eigenvalue weighted by Gasteiger charge is 2.36. The zero-order valence-electron chi connectivity index (χ0n) is 17.4. The van der Waals surface area contributed by atoms with Crippen LogP contribution in [0.3, 0.4) is 0 Å². The van der Waals surface area contributed by atoms with Crippen LogP contribution in [0.5, 0.6) is 0 Å². The molecule has 0 saturated carbocycles. The molecule has 1 aliphatic heterocycles. The minimum absolute atomic E-state index is 0.0763. The monoisotopic (exact) mass is 431 g/mol. The molecule has 1 fully saturated rings. The first-order chi connectivity index (χ1) is 14.2. The van der Waals surface area contributed by atoms with Crippen LogP contribution in [0, 0.1) is 0 Å². The fourth-order valence-corrected chi connectivity index (χ4v) is 3.67. The van der Waals surface area contributed by atoms with Gasteiger partial charge in [0.1, 0.15) is 12.1 Å². The summed E-state index contributed by atoms with van der Waals surface area (Å²) >= 11 is 6.42. The summed E-state index contributed by atoms with van der Waals surface area (Å²) in [5, 5.41) is 0.517. The van der Waals surface area contributed by atoms with Crippen LogP contribution in [0.15, 0.2) is 53.5 Å². The Bertz CT molecular complexity index is 983. The Hall–Kier alpha value is -2.80. The van der Waals surface area contributed by atoms with Crippen LogP contribution in [0.4, 0.5) is 4.79 Å². The highest BCUT2D eigenvalue weighted by molar-refractivity contribution is 6.31. The van der Waals surface area contributed by atoms with Gasteiger partial charge < -0.3 is 19.1 Å². The molecule has 0 unspecified atom stereocenters. The van der Waals surface area contributed by atoms with E-state index in [-0.39, 0.29) is 24.6 Å². The van der Waals surface area contributed by atoms with E-state index in [9.17, 15) is 14.4 Å². The predicted molar refractivity (Wildman–Crippen MR) is 114 cm³/mol. The second kappa shape index (κ2) is 8.92. The van der Waals surface area contributed by atoms with Gasteiger partial charge in [-0.15, -0.1) is 0 Å². The highest BCUT2D eigenvalue weighted by Crippen LogP contribution is 2.31. The number of amides is 2. The second-order valence-corrected chi connectivity index (χ2v) is 8.62. The normalized spacial score (nSPS) is 17.0. The van der Waals surface area contributed by atoms with Gasteiger partial charge in [0.05, 0.1) is 6.04 Å². The number of pyridine rings is 1. The number of carbonyl (C=O) groups excluding carboxylic acids is 2. The van der Waals surface area contributed by atoms with Crippen LogP contribution in [0.1, 0.15) is 32.4 Å². The van der Waals surface area contributed by atoms with Crippen LogP contribution in [0.25, 0.3) is 0 Å². The molecule has 0 radical (unpaired) electrons. The van der Waals surface area contributed by atoms with Crippen molar-refractivity contribution in [2.24, 2.45) is 0 Å². The molecule has 7 nitrogen and oxygen atoms in total. The van der Waals surface area contributed by atoms with Crippen molar-refractivity contribution in [1.29, 1.82) is 0 Å². The topological polar surface area (TPSA) is 71.8 Å². The van der Waals surface area contributed by atoms with Crippen LogP contribution in [0.2, 0.25) is 5.02 Å². The third kappa shape index (κ3) is 5.21. The Labute approximate surface area is 180 Å². The standard InChI is InChI=1S/C22H26ClN3O4/c1-22(2,3)30-21(29)25-12-13-26(18(14-25)16-8-4-5-9-17(16)23)20(28)15-24-11-7-6-10-19(24)27/h4-11,18H,12-15H2,1-3H3/t18-/m0/s1. The molecule has 30 heavy (non-hydrogen) atoms. The molecule has 160 valence electrons. The summed E-state index contributed by atoms with van der Waals surface area (Å²) in [6.45, 7) is 6.28. The van der Waals surface area contributed by atoms with Crippen molar-refractivity contribution in [3.8, 4) is 0 Å². The van der Waals surface area contributed by atoms with Crippen molar-refractivity contribution in [2.45, 2.75) is 39.0 Å². The van der Waals surface area contributed by atoms with Crippen molar-refractivity contribution in [3.63, 3.8) is 0 Å². The molecule has 0 spiro atoms. The number of rotatable bonds is 3. The minimum Gasteiger partial charge on any atom is -0.444 e. The lowest BCUT2D eigenvalue weighted by atomic mass is 10.0. The van der Waals surface area contributed by atoms with E-state index in [2.05, 4.69) is 0 Å². The van der Waals surface area contributed by atoms with Crippen molar-refractivity contribution >= 4 is 23.6 Å². The van der Waals surface area contributed by atoms with Crippen molar-refractivity contribution in [2.75, 3.05) is 19.6 Å². The van der Waals surface area contributed by atoms with Crippen LogP contribution < -0.4 is 5.56 Å². The second-order valence-electron chi connectivity index (χ2n) is 8.22. The van der Waals surface area contributed by atoms with Gasteiger partial charge in [-0.3, -0.25) is 9.59 Å². The zero-order chi connectivity index (χ0) is 21.9. The van der Waals surface area contributed by atoms with Gasteiger partial charge in [0.25, 0.3) is 5.56 Å². The Balaban J connectivity index is 1.86. The van der Waals surface area contributed by atoms with Gasteiger partial charge in [-0.1, -0.05) is 35.9 Å². The Morgan fingerprint density at radius 3 is 2.47 bits per heavy atom. The van der Waals surface area contributed by atoms with Crippen molar-refractivity contribution in [3.05, 3.63) is 69.6 Å². The smallest absolute Gasteiger partial charge is 0.410 e. The van der Waals surface area contributed by atoms with Gasteiger partial charge in [-0.2, -0.15) is 0 Å². The molecule has 1 aromatic carbocycles. The van der Waals surface area contributed by atoms with Crippen LogP contribution in [-0.2, 0) is 16.1 Å². The maximum Gasteiger partial charge on any atom is 0.410 e. The SMILES string of the molecule is CC(C)(C)OC(=O)N1CCN(C(=O)Cn2ccccc2=O)[C@H](c2ccccc2Cl)C1. The Morgan fingerprint density at radius 2 is 1.80 bits per heavy atom. The number of aromatic nitrogens is 1. The number of ether oxygens (including phenoxy) is 1. The van der Waals surface area contributed by atoms with E-state index in [4.69, 9.17) is 16.3 Å². The summed E-state index contributed by atoms with van der Waals surface area (Å²) in [7, 11) is 0. The third-order valence-electron chi connectivity index (χ3n) is 4.82. The predicted octanol–water partition coefficient (Wildman–Crippen LogP) is 3.32. The highest BCUT2D eigenvalue weighted by atomic mass is 35.5. The van der Waals surface area contributed by atoms with Gasteiger partial charge >= 0.3 is 6.09 Å². The summed E-state index contributed by atoms with van der Waals surface area (Å²) in [4.78, 5) is 41.0. The van der Waals surface area contributed by atoms with E-state index in [1.807, 2.05) is 39.0 Å². The van der Waals surface area contributed by atoms with Crippen molar-refractivity contribution < 1.29 is 14.3 Å². The van der Waals surface area contributed by atoms with E-state index >= 15 is 0 Å². The average molecular weight is 432 g/mol. The summed E-state index contributed by atoms with van der Waals surface area (Å²) in [6, 6.07) is 11.6. The number of carbonyl (C=O) groups is 2. The molecule has 0 N–H and O–H groups in total. The number of halogens is 1. The fourth-order valence-electron chi connectivity index (χ4n) is 3.41. The first-order valence-electron chi connectivity index (χ1n) is 9.83. The molecule has 2 heterocycles. The molecule has 1 saturated heterocycles. The van der Waals surface area contributed by atoms with Gasteiger partial charge in [0.2, 0.25) is 5.91 Å². The van der Waals surface area contributed by atoms with E-state index in [1.165, 1.54) is 10.6 Å². The number of benzene rings is 1. The third-order valence-corrected chi connectivity index (χ3v) is 5.17. The van der Waals surface area contributed by atoms with E-state index in [0.29, 0.717) is 18.1 Å². The molecule has 2 aromatic rings. The first-order valence-corrected chi connectivity index (χ1v) is 10.2. The number of hydrogen-bond acceptors (Lipinski definition) is 4. The summed E-state index contributed by atoms with van der Waals surface area (Å²) in [5.41, 5.74) is -0.105. The van der Waals surface area contributed by atoms with E-state index in [1.54, 1.807) is 34.2 Å². The Kier molecular flexibility index (Phi) is 6.51.